The van der Waals surface area contributed by atoms with Crippen LogP contribution in [-0.4, -0.2) is 17.7 Å². The Morgan fingerprint density at radius 3 is 2.86 bits per heavy atom. The van der Waals surface area contributed by atoms with Crippen molar-refractivity contribution in [3.63, 3.8) is 0 Å². The van der Waals surface area contributed by atoms with E-state index in [1.54, 1.807) is 11.3 Å². The summed E-state index contributed by atoms with van der Waals surface area (Å²) in [4.78, 5) is 13.4. The van der Waals surface area contributed by atoms with Crippen molar-refractivity contribution in [2.75, 3.05) is 6.61 Å². The van der Waals surface area contributed by atoms with E-state index in [1.165, 1.54) is 0 Å². The van der Waals surface area contributed by atoms with Crippen molar-refractivity contribution in [2.45, 2.75) is 26.8 Å². The third-order valence-corrected chi connectivity index (χ3v) is 4.89. The normalized spacial score (nSPS) is 18.5. The van der Waals surface area contributed by atoms with Crippen LogP contribution in [0.5, 0.6) is 0 Å². The molecule has 0 aromatic carbocycles. The summed E-state index contributed by atoms with van der Waals surface area (Å²) in [6, 6.07) is 1.72. The standard InChI is InChI=1S/C14H17BrN2O2S2/c1-7(2)5-19-13(18)11-8(3)16-14(20)17-12(11)10-4-9(15)6-21-10/h4,6-7,12H,5H2,1-3H3,(H2,16,17,20). The number of thiocarbonyl (C=S) groups is 1. The zero-order valence-corrected chi connectivity index (χ0v) is 15.2. The summed E-state index contributed by atoms with van der Waals surface area (Å²) in [5.41, 5.74) is 1.32. The molecule has 0 amide bonds. The number of allylic oxidation sites excluding steroid dienone is 1. The number of hydrogen-bond donors (Lipinski definition) is 2. The second kappa shape index (κ2) is 6.89. The molecule has 1 atom stereocenters. The van der Waals surface area contributed by atoms with Gasteiger partial charge in [0.15, 0.2) is 5.11 Å². The number of thiophene rings is 1. The van der Waals surface area contributed by atoms with E-state index >= 15 is 0 Å². The molecule has 1 aliphatic rings. The number of hydrogen-bond acceptors (Lipinski definition) is 4. The molecule has 0 saturated heterocycles. The molecule has 0 spiro atoms. The quantitative estimate of drug-likeness (QED) is 0.610. The smallest absolute Gasteiger partial charge is 0.338 e. The number of nitrogens with one attached hydrogen (secondary N) is 2. The van der Waals surface area contributed by atoms with Gasteiger partial charge in [0.05, 0.1) is 18.2 Å². The summed E-state index contributed by atoms with van der Waals surface area (Å²) >= 11 is 10.2. The SMILES string of the molecule is CC1=C(C(=O)OCC(C)C)C(c2cc(Br)cs2)NC(=S)N1. The molecule has 21 heavy (non-hydrogen) atoms. The molecule has 2 N–H and O–H groups in total. The first kappa shape index (κ1) is 16.5. The van der Waals surface area contributed by atoms with E-state index in [9.17, 15) is 4.79 Å². The van der Waals surface area contributed by atoms with E-state index < -0.39 is 0 Å². The minimum Gasteiger partial charge on any atom is -0.462 e. The van der Waals surface area contributed by atoms with E-state index in [2.05, 4.69) is 26.6 Å². The van der Waals surface area contributed by atoms with Crippen LogP contribution in [0.3, 0.4) is 0 Å². The summed E-state index contributed by atoms with van der Waals surface area (Å²) in [6.45, 7) is 6.26. The third-order valence-electron chi connectivity index (χ3n) is 2.91. The van der Waals surface area contributed by atoms with Crippen LogP contribution in [0.15, 0.2) is 27.2 Å². The van der Waals surface area contributed by atoms with Gasteiger partial charge in [-0.1, -0.05) is 13.8 Å². The van der Waals surface area contributed by atoms with Crippen molar-refractivity contribution in [1.82, 2.24) is 10.6 Å². The fourth-order valence-electron chi connectivity index (χ4n) is 1.98. The lowest BCUT2D eigenvalue weighted by Crippen LogP contribution is -2.45. The van der Waals surface area contributed by atoms with Gasteiger partial charge in [-0.3, -0.25) is 0 Å². The van der Waals surface area contributed by atoms with Crippen LogP contribution in [0.4, 0.5) is 0 Å². The van der Waals surface area contributed by atoms with Gasteiger partial charge in [-0.25, -0.2) is 4.79 Å². The molecule has 114 valence electrons. The maximum absolute atomic E-state index is 12.4. The minimum absolute atomic E-state index is 0.269. The van der Waals surface area contributed by atoms with Gasteiger partial charge in [-0.2, -0.15) is 0 Å². The first-order valence-electron chi connectivity index (χ1n) is 6.57. The molecule has 0 aliphatic carbocycles. The Balaban J connectivity index is 2.30. The van der Waals surface area contributed by atoms with Crippen LogP contribution in [-0.2, 0) is 9.53 Å². The van der Waals surface area contributed by atoms with Crippen LogP contribution in [0, 0.1) is 5.92 Å². The lowest BCUT2D eigenvalue weighted by Gasteiger charge is -2.29. The van der Waals surface area contributed by atoms with Gasteiger partial charge in [0.2, 0.25) is 0 Å². The third kappa shape index (κ3) is 4.05. The largest absolute Gasteiger partial charge is 0.462 e. The fourth-order valence-corrected chi connectivity index (χ4v) is 3.75. The minimum atomic E-state index is -0.307. The molecule has 0 radical (unpaired) electrons. The fraction of sp³-hybridized carbons (Fsp3) is 0.429. The van der Waals surface area contributed by atoms with Crippen LogP contribution >= 0.6 is 39.5 Å². The van der Waals surface area contributed by atoms with Crippen LogP contribution in [0.25, 0.3) is 0 Å². The predicted molar refractivity (Wildman–Crippen MR) is 92.1 cm³/mol. The zero-order valence-electron chi connectivity index (χ0n) is 12.0. The highest BCUT2D eigenvalue weighted by Gasteiger charge is 2.31. The topological polar surface area (TPSA) is 50.4 Å². The average molecular weight is 389 g/mol. The van der Waals surface area contributed by atoms with E-state index in [-0.39, 0.29) is 12.0 Å². The van der Waals surface area contributed by atoms with Crippen molar-refractivity contribution >= 4 is 50.6 Å². The first-order valence-corrected chi connectivity index (χ1v) is 8.66. The number of carbonyl (C=O) groups excluding carboxylic acids is 1. The molecule has 7 heteroatoms. The highest BCUT2D eigenvalue weighted by atomic mass is 79.9. The second-order valence-electron chi connectivity index (χ2n) is 5.23. The number of esters is 1. The Bertz CT molecular complexity index is 596. The maximum Gasteiger partial charge on any atom is 0.338 e. The molecular weight excluding hydrogens is 372 g/mol. The monoisotopic (exact) mass is 388 g/mol. The van der Waals surface area contributed by atoms with Crippen LogP contribution in [0.1, 0.15) is 31.7 Å². The molecule has 0 bridgehead atoms. The van der Waals surface area contributed by atoms with Crippen LogP contribution < -0.4 is 10.6 Å². The Morgan fingerprint density at radius 1 is 1.57 bits per heavy atom. The van der Waals surface area contributed by atoms with E-state index in [4.69, 9.17) is 17.0 Å². The van der Waals surface area contributed by atoms with Crippen molar-refractivity contribution in [3.8, 4) is 0 Å². The number of halogens is 1. The Labute approximate surface area is 142 Å². The highest BCUT2D eigenvalue weighted by Crippen LogP contribution is 2.33. The highest BCUT2D eigenvalue weighted by molar-refractivity contribution is 9.10. The van der Waals surface area contributed by atoms with Gasteiger partial charge in [-0.15, -0.1) is 11.3 Å². The van der Waals surface area contributed by atoms with Crippen molar-refractivity contribution in [2.24, 2.45) is 5.92 Å². The molecular formula is C14H17BrN2O2S2. The summed E-state index contributed by atoms with van der Waals surface area (Å²) in [7, 11) is 0. The summed E-state index contributed by atoms with van der Waals surface area (Å²) < 4.78 is 6.37. The Kier molecular flexibility index (Phi) is 5.40. The first-order chi connectivity index (χ1) is 9.88. The average Bonchev–Trinajstić information content (AvgIpc) is 2.81. The van der Waals surface area contributed by atoms with E-state index in [0.29, 0.717) is 23.2 Å². The lowest BCUT2D eigenvalue weighted by atomic mass is 10.0. The van der Waals surface area contributed by atoms with E-state index in [0.717, 1.165) is 15.0 Å². The molecule has 4 nitrogen and oxygen atoms in total. The van der Waals surface area contributed by atoms with Gasteiger partial charge < -0.3 is 15.4 Å². The number of ether oxygens (including phenoxy) is 1. The number of carbonyl (C=O) groups is 1. The van der Waals surface area contributed by atoms with Gasteiger partial charge >= 0.3 is 5.97 Å². The molecule has 1 unspecified atom stereocenters. The van der Waals surface area contributed by atoms with Crippen molar-refractivity contribution < 1.29 is 9.53 Å². The molecule has 0 saturated carbocycles. The van der Waals surface area contributed by atoms with E-state index in [1.807, 2.05) is 32.2 Å². The lowest BCUT2D eigenvalue weighted by molar-refractivity contribution is -0.140. The second-order valence-corrected chi connectivity index (χ2v) is 7.50. The molecule has 1 aliphatic heterocycles. The van der Waals surface area contributed by atoms with Crippen LogP contribution in [0.2, 0.25) is 0 Å². The van der Waals surface area contributed by atoms with Gasteiger partial charge in [0.25, 0.3) is 0 Å². The predicted octanol–water partition coefficient (Wildman–Crippen LogP) is 3.50. The summed E-state index contributed by atoms with van der Waals surface area (Å²) in [5.74, 6) is -0.00649. The van der Waals surface area contributed by atoms with Gasteiger partial charge in [-0.05, 0) is 47.1 Å². The molecule has 2 heterocycles. The molecule has 1 aromatic heterocycles. The molecule has 2 rings (SSSR count). The number of rotatable bonds is 4. The summed E-state index contributed by atoms with van der Waals surface area (Å²) in [5, 5.41) is 8.64. The molecule has 0 fully saturated rings. The van der Waals surface area contributed by atoms with Crippen molar-refractivity contribution in [3.05, 3.63) is 32.1 Å². The van der Waals surface area contributed by atoms with Gasteiger partial charge in [0.1, 0.15) is 0 Å². The zero-order chi connectivity index (χ0) is 15.6. The maximum atomic E-state index is 12.4. The van der Waals surface area contributed by atoms with Gasteiger partial charge in [0, 0.05) is 20.4 Å². The Hall–Kier alpha value is -0.920. The summed E-state index contributed by atoms with van der Waals surface area (Å²) in [6.07, 6.45) is 0. The van der Waals surface area contributed by atoms with Crippen molar-refractivity contribution in [1.29, 1.82) is 0 Å². The molecule has 1 aromatic rings. The Morgan fingerprint density at radius 2 is 2.29 bits per heavy atom.